The number of rotatable bonds is 4. The number of hydrogen-bond acceptors (Lipinski definition) is 3. The van der Waals surface area contributed by atoms with E-state index in [1.165, 1.54) is 0 Å². The Morgan fingerprint density at radius 1 is 1.25 bits per heavy atom. The molecule has 2 atom stereocenters. The van der Waals surface area contributed by atoms with E-state index in [1.54, 1.807) is 0 Å². The highest BCUT2D eigenvalue weighted by atomic mass is 32.2. The summed E-state index contributed by atoms with van der Waals surface area (Å²) in [4.78, 5) is -0.568. The number of benzene rings is 1. The van der Waals surface area contributed by atoms with E-state index in [-0.39, 0.29) is 12.5 Å². The molecule has 7 heteroatoms. The minimum Gasteiger partial charge on any atom is -0.396 e. The van der Waals surface area contributed by atoms with Crippen molar-refractivity contribution in [2.45, 2.75) is 36.6 Å². The Hall–Kier alpha value is -1.05. The molecule has 2 unspecified atom stereocenters. The molecule has 112 valence electrons. The van der Waals surface area contributed by atoms with Gasteiger partial charge in [0.2, 0.25) is 10.0 Å². The molecule has 1 aliphatic rings. The zero-order valence-electron chi connectivity index (χ0n) is 10.9. The maximum absolute atomic E-state index is 13.6. The van der Waals surface area contributed by atoms with Crippen LogP contribution in [0.4, 0.5) is 8.78 Å². The molecule has 1 fully saturated rings. The van der Waals surface area contributed by atoms with Gasteiger partial charge in [0.25, 0.3) is 0 Å². The molecule has 1 aromatic carbocycles. The SMILES string of the molecule is O=S(=O)(NC1CCCCC1CO)c1ccc(F)cc1F. The van der Waals surface area contributed by atoms with E-state index < -0.39 is 32.6 Å². The Morgan fingerprint density at radius 3 is 2.60 bits per heavy atom. The molecule has 0 bridgehead atoms. The van der Waals surface area contributed by atoms with Crippen molar-refractivity contribution in [1.82, 2.24) is 4.72 Å². The van der Waals surface area contributed by atoms with E-state index >= 15 is 0 Å². The van der Waals surface area contributed by atoms with E-state index in [4.69, 9.17) is 0 Å². The van der Waals surface area contributed by atoms with Crippen LogP contribution < -0.4 is 4.72 Å². The monoisotopic (exact) mass is 305 g/mol. The van der Waals surface area contributed by atoms with E-state index in [9.17, 15) is 22.3 Å². The summed E-state index contributed by atoms with van der Waals surface area (Å²) in [7, 11) is -4.05. The number of hydrogen-bond donors (Lipinski definition) is 2. The fraction of sp³-hybridized carbons (Fsp3) is 0.538. The Kier molecular flexibility index (Phi) is 4.72. The molecule has 0 aromatic heterocycles. The molecule has 0 radical (unpaired) electrons. The van der Waals surface area contributed by atoms with Gasteiger partial charge < -0.3 is 5.11 Å². The summed E-state index contributed by atoms with van der Waals surface area (Å²) in [5, 5.41) is 9.26. The van der Waals surface area contributed by atoms with E-state index in [0.717, 1.165) is 31.4 Å². The normalized spacial score (nSPS) is 23.8. The topological polar surface area (TPSA) is 66.4 Å². The van der Waals surface area contributed by atoms with Gasteiger partial charge in [-0.15, -0.1) is 0 Å². The minimum absolute atomic E-state index is 0.112. The van der Waals surface area contributed by atoms with Gasteiger partial charge >= 0.3 is 0 Å². The lowest BCUT2D eigenvalue weighted by molar-refractivity contribution is 0.164. The lowest BCUT2D eigenvalue weighted by atomic mass is 9.86. The molecule has 2 rings (SSSR count). The molecule has 0 spiro atoms. The van der Waals surface area contributed by atoms with Crippen LogP contribution in [0.25, 0.3) is 0 Å². The van der Waals surface area contributed by atoms with Gasteiger partial charge in [0.1, 0.15) is 16.5 Å². The zero-order chi connectivity index (χ0) is 14.8. The largest absolute Gasteiger partial charge is 0.396 e. The average Bonchev–Trinajstić information content (AvgIpc) is 2.38. The highest BCUT2D eigenvalue weighted by molar-refractivity contribution is 7.89. The number of aliphatic hydroxyl groups is 1. The Bertz CT molecular complexity index is 577. The first-order valence-corrected chi connectivity index (χ1v) is 8.00. The van der Waals surface area contributed by atoms with Crippen molar-refractivity contribution in [2.75, 3.05) is 6.61 Å². The third-order valence-electron chi connectivity index (χ3n) is 3.63. The van der Waals surface area contributed by atoms with Crippen LogP contribution in [0.15, 0.2) is 23.1 Å². The maximum Gasteiger partial charge on any atom is 0.243 e. The first kappa shape index (κ1) is 15.3. The number of halogens is 2. The van der Waals surface area contributed by atoms with Crippen molar-refractivity contribution in [3.63, 3.8) is 0 Å². The predicted octanol–water partition coefficient (Wildman–Crippen LogP) is 1.79. The summed E-state index contributed by atoms with van der Waals surface area (Å²) in [6.45, 7) is -0.112. The third kappa shape index (κ3) is 3.34. The van der Waals surface area contributed by atoms with Gasteiger partial charge in [0.15, 0.2) is 0 Å². The summed E-state index contributed by atoms with van der Waals surface area (Å²) in [6, 6.07) is 1.94. The molecular weight excluding hydrogens is 288 g/mol. The van der Waals surface area contributed by atoms with Gasteiger partial charge in [-0.05, 0) is 30.9 Å². The third-order valence-corrected chi connectivity index (χ3v) is 5.16. The molecule has 1 saturated carbocycles. The van der Waals surface area contributed by atoms with Crippen LogP contribution in [0.2, 0.25) is 0 Å². The molecule has 1 aromatic rings. The van der Waals surface area contributed by atoms with Crippen molar-refractivity contribution in [2.24, 2.45) is 5.92 Å². The van der Waals surface area contributed by atoms with Crippen LogP contribution in [-0.2, 0) is 10.0 Å². The Morgan fingerprint density at radius 2 is 1.95 bits per heavy atom. The molecular formula is C13H17F2NO3S. The van der Waals surface area contributed by atoms with Crippen LogP contribution in [0.5, 0.6) is 0 Å². The first-order valence-electron chi connectivity index (χ1n) is 6.52. The summed E-state index contributed by atoms with van der Waals surface area (Å²) >= 11 is 0. The Balaban J connectivity index is 2.22. The van der Waals surface area contributed by atoms with Gasteiger partial charge in [-0.2, -0.15) is 0 Å². The van der Waals surface area contributed by atoms with Crippen LogP contribution in [-0.4, -0.2) is 26.2 Å². The molecule has 1 aliphatic carbocycles. The molecule has 4 nitrogen and oxygen atoms in total. The summed E-state index contributed by atoms with van der Waals surface area (Å²) < 4.78 is 53.1. The molecule has 0 heterocycles. The van der Waals surface area contributed by atoms with Crippen LogP contribution in [0.1, 0.15) is 25.7 Å². The van der Waals surface area contributed by atoms with Crippen molar-refractivity contribution >= 4 is 10.0 Å². The van der Waals surface area contributed by atoms with Crippen LogP contribution in [0.3, 0.4) is 0 Å². The van der Waals surface area contributed by atoms with Crippen molar-refractivity contribution in [3.8, 4) is 0 Å². The minimum atomic E-state index is -4.05. The average molecular weight is 305 g/mol. The summed E-state index contributed by atoms with van der Waals surface area (Å²) in [6.07, 6.45) is 3.13. The summed E-state index contributed by atoms with van der Waals surface area (Å²) in [5.41, 5.74) is 0. The number of aliphatic hydroxyl groups excluding tert-OH is 1. The van der Waals surface area contributed by atoms with Gasteiger partial charge in [-0.1, -0.05) is 12.8 Å². The van der Waals surface area contributed by atoms with Crippen molar-refractivity contribution in [3.05, 3.63) is 29.8 Å². The van der Waals surface area contributed by atoms with Crippen LogP contribution in [0, 0.1) is 17.6 Å². The van der Waals surface area contributed by atoms with Crippen LogP contribution >= 0.6 is 0 Å². The van der Waals surface area contributed by atoms with Gasteiger partial charge in [0, 0.05) is 18.7 Å². The second-order valence-electron chi connectivity index (χ2n) is 5.03. The van der Waals surface area contributed by atoms with E-state index in [1.807, 2.05) is 0 Å². The number of sulfonamides is 1. The highest BCUT2D eigenvalue weighted by Crippen LogP contribution is 2.26. The number of nitrogens with one attached hydrogen (secondary N) is 1. The van der Waals surface area contributed by atoms with Crippen molar-refractivity contribution < 1.29 is 22.3 Å². The predicted molar refractivity (Wildman–Crippen MR) is 69.5 cm³/mol. The maximum atomic E-state index is 13.6. The fourth-order valence-corrected chi connectivity index (χ4v) is 3.94. The second kappa shape index (κ2) is 6.15. The molecule has 2 N–H and O–H groups in total. The molecule has 0 saturated heterocycles. The van der Waals surface area contributed by atoms with Gasteiger partial charge in [0.05, 0.1) is 0 Å². The first-order chi connectivity index (χ1) is 9.44. The molecule has 20 heavy (non-hydrogen) atoms. The van der Waals surface area contributed by atoms with Crippen molar-refractivity contribution in [1.29, 1.82) is 0 Å². The quantitative estimate of drug-likeness (QED) is 0.891. The summed E-state index contributed by atoms with van der Waals surface area (Å²) in [5.74, 6) is -2.11. The lowest BCUT2D eigenvalue weighted by Crippen LogP contribution is -2.43. The standard InChI is InChI=1S/C13H17F2NO3S/c14-10-5-6-13(11(15)7-10)20(18,19)16-12-4-2-1-3-9(12)8-17/h5-7,9,12,16-17H,1-4,8H2. The Labute approximate surface area is 116 Å². The molecule has 0 amide bonds. The van der Waals surface area contributed by atoms with Gasteiger partial charge in [-0.3, -0.25) is 0 Å². The van der Waals surface area contributed by atoms with E-state index in [0.29, 0.717) is 12.5 Å². The lowest BCUT2D eigenvalue weighted by Gasteiger charge is -2.30. The zero-order valence-corrected chi connectivity index (χ0v) is 11.7. The van der Waals surface area contributed by atoms with E-state index in [2.05, 4.69) is 4.72 Å². The molecule has 0 aliphatic heterocycles. The fourth-order valence-electron chi connectivity index (χ4n) is 2.54. The van der Waals surface area contributed by atoms with Gasteiger partial charge in [-0.25, -0.2) is 21.9 Å². The second-order valence-corrected chi connectivity index (χ2v) is 6.71. The smallest absolute Gasteiger partial charge is 0.243 e. The highest BCUT2D eigenvalue weighted by Gasteiger charge is 2.30.